The van der Waals surface area contributed by atoms with Gasteiger partial charge in [-0.1, -0.05) is 23.7 Å². The van der Waals surface area contributed by atoms with Crippen LogP contribution in [0.25, 0.3) is 11.7 Å². The smallest absolute Gasteiger partial charge is 0.271 e. The number of carbonyl (C=O) groups excluding carboxylic acids is 1. The van der Waals surface area contributed by atoms with Gasteiger partial charge in [-0.25, -0.2) is 4.98 Å². The molecule has 0 bridgehead atoms. The predicted octanol–water partition coefficient (Wildman–Crippen LogP) is 3.55. The summed E-state index contributed by atoms with van der Waals surface area (Å²) in [5.74, 6) is -0.433. The molecule has 2 heterocycles. The number of nitro benzene ring substituents is 1. The first-order valence-electron chi connectivity index (χ1n) is 6.91. The Bertz CT molecular complexity index is 965. The average molecular weight is 343 g/mol. The van der Waals surface area contributed by atoms with Crippen molar-refractivity contribution in [3.63, 3.8) is 0 Å². The molecule has 24 heavy (non-hydrogen) atoms. The Morgan fingerprint density at radius 3 is 2.92 bits per heavy atom. The lowest BCUT2D eigenvalue weighted by atomic mass is 10.3. The lowest BCUT2D eigenvalue weighted by Crippen LogP contribution is -2.08. The third-order valence-electron chi connectivity index (χ3n) is 3.24. The van der Waals surface area contributed by atoms with Crippen LogP contribution in [0, 0.1) is 10.1 Å². The molecule has 120 valence electrons. The molecule has 0 spiro atoms. The lowest BCUT2D eigenvalue weighted by Gasteiger charge is -2.01. The number of pyridine rings is 1. The highest BCUT2D eigenvalue weighted by Crippen LogP contribution is 2.20. The van der Waals surface area contributed by atoms with E-state index in [2.05, 4.69) is 10.3 Å². The SMILES string of the molecule is O=C(C=Cc1c(Cl)nc2ccccn12)Nc1cccc([N+](=O)[O-])c1. The number of rotatable bonds is 4. The van der Waals surface area contributed by atoms with Crippen molar-refractivity contribution in [1.29, 1.82) is 0 Å². The number of non-ortho nitro benzene ring substituents is 1. The third kappa shape index (κ3) is 3.26. The number of hydrogen-bond acceptors (Lipinski definition) is 4. The number of imidazole rings is 1. The quantitative estimate of drug-likeness (QED) is 0.446. The van der Waals surface area contributed by atoms with E-state index in [1.165, 1.54) is 30.4 Å². The second-order valence-electron chi connectivity index (χ2n) is 4.85. The molecule has 0 atom stereocenters. The number of nitro groups is 1. The van der Waals surface area contributed by atoms with Crippen molar-refractivity contribution in [2.75, 3.05) is 5.32 Å². The van der Waals surface area contributed by atoms with E-state index in [0.29, 0.717) is 17.0 Å². The molecule has 1 aromatic carbocycles. The van der Waals surface area contributed by atoms with Crippen LogP contribution in [0.2, 0.25) is 5.15 Å². The molecular formula is C16H11ClN4O3. The summed E-state index contributed by atoms with van der Waals surface area (Å²) in [4.78, 5) is 26.4. The van der Waals surface area contributed by atoms with E-state index in [1.54, 1.807) is 22.7 Å². The molecule has 0 saturated heterocycles. The maximum atomic E-state index is 12.0. The van der Waals surface area contributed by atoms with Gasteiger partial charge in [-0.05, 0) is 24.3 Å². The number of amides is 1. The summed E-state index contributed by atoms with van der Waals surface area (Å²) < 4.78 is 1.75. The minimum atomic E-state index is -0.524. The maximum Gasteiger partial charge on any atom is 0.271 e. The van der Waals surface area contributed by atoms with Gasteiger partial charge in [-0.15, -0.1) is 0 Å². The zero-order valence-corrected chi connectivity index (χ0v) is 13.0. The number of nitrogens with one attached hydrogen (secondary N) is 1. The zero-order valence-electron chi connectivity index (χ0n) is 12.2. The molecule has 1 N–H and O–H groups in total. The zero-order chi connectivity index (χ0) is 17.1. The molecule has 0 fully saturated rings. The van der Waals surface area contributed by atoms with Gasteiger partial charge in [0.15, 0.2) is 5.15 Å². The van der Waals surface area contributed by atoms with Gasteiger partial charge in [-0.3, -0.25) is 19.3 Å². The fraction of sp³-hybridized carbons (Fsp3) is 0. The molecule has 8 heteroatoms. The van der Waals surface area contributed by atoms with Crippen LogP contribution in [0.1, 0.15) is 5.69 Å². The van der Waals surface area contributed by atoms with E-state index in [1.807, 2.05) is 12.1 Å². The molecule has 0 aliphatic heterocycles. The van der Waals surface area contributed by atoms with Gasteiger partial charge < -0.3 is 5.32 Å². The summed E-state index contributed by atoms with van der Waals surface area (Å²) in [5.41, 5.74) is 1.48. The van der Waals surface area contributed by atoms with Crippen LogP contribution >= 0.6 is 11.6 Å². The van der Waals surface area contributed by atoms with Crippen LogP contribution in [0.4, 0.5) is 11.4 Å². The molecule has 0 saturated carbocycles. The second kappa shape index (κ2) is 6.51. The standard InChI is InChI=1S/C16H11ClN4O3/c17-16-13(20-9-2-1-6-14(20)19-16)7-8-15(22)18-11-4-3-5-12(10-11)21(23)24/h1-10H,(H,18,22). The van der Waals surface area contributed by atoms with E-state index in [4.69, 9.17) is 11.6 Å². The number of nitrogens with zero attached hydrogens (tertiary/aromatic N) is 3. The fourth-order valence-electron chi connectivity index (χ4n) is 2.17. The fourth-order valence-corrected chi connectivity index (χ4v) is 2.41. The summed E-state index contributed by atoms with van der Waals surface area (Å²) in [6.45, 7) is 0. The van der Waals surface area contributed by atoms with E-state index >= 15 is 0 Å². The third-order valence-corrected chi connectivity index (χ3v) is 3.52. The first-order valence-corrected chi connectivity index (χ1v) is 7.28. The summed E-state index contributed by atoms with van der Waals surface area (Å²) >= 11 is 6.08. The average Bonchev–Trinajstić information content (AvgIpc) is 2.88. The van der Waals surface area contributed by atoms with E-state index in [9.17, 15) is 14.9 Å². The number of carbonyl (C=O) groups is 1. The Kier molecular flexibility index (Phi) is 4.26. The first-order chi connectivity index (χ1) is 11.5. The summed E-state index contributed by atoms with van der Waals surface area (Å²) in [5, 5.41) is 13.6. The van der Waals surface area contributed by atoms with Gasteiger partial charge >= 0.3 is 0 Å². The van der Waals surface area contributed by atoms with Crippen molar-refractivity contribution in [1.82, 2.24) is 9.38 Å². The number of fused-ring (bicyclic) bond motifs is 1. The Morgan fingerprint density at radius 2 is 2.12 bits per heavy atom. The van der Waals surface area contributed by atoms with Gasteiger partial charge in [0, 0.05) is 30.1 Å². The van der Waals surface area contributed by atoms with Crippen LogP contribution in [0.15, 0.2) is 54.7 Å². The summed E-state index contributed by atoms with van der Waals surface area (Å²) in [6, 6.07) is 11.2. The monoisotopic (exact) mass is 342 g/mol. The minimum Gasteiger partial charge on any atom is -0.322 e. The number of anilines is 1. The van der Waals surface area contributed by atoms with Crippen molar-refractivity contribution >= 4 is 40.6 Å². The van der Waals surface area contributed by atoms with Gasteiger partial charge in [0.1, 0.15) is 5.65 Å². The number of hydrogen-bond donors (Lipinski definition) is 1. The largest absolute Gasteiger partial charge is 0.322 e. The lowest BCUT2D eigenvalue weighted by molar-refractivity contribution is -0.384. The molecule has 3 aromatic rings. The van der Waals surface area contributed by atoms with E-state index < -0.39 is 10.8 Å². The highest BCUT2D eigenvalue weighted by Gasteiger charge is 2.09. The van der Waals surface area contributed by atoms with Gasteiger partial charge in [0.05, 0.1) is 10.6 Å². The summed E-state index contributed by atoms with van der Waals surface area (Å²) in [7, 11) is 0. The van der Waals surface area contributed by atoms with Crippen molar-refractivity contribution in [2.24, 2.45) is 0 Å². The second-order valence-corrected chi connectivity index (χ2v) is 5.20. The molecular weight excluding hydrogens is 332 g/mol. The highest BCUT2D eigenvalue weighted by atomic mass is 35.5. The normalized spacial score (nSPS) is 11.0. The highest BCUT2D eigenvalue weighted by molar-refractivity contribution is 6.31. The number of halogens is 1. The molecule has 2 aromatic heterocycles. The molecule has 3 rings (SSSR count). The maximum absolute atomic E-state index is 12.0. The Morgan fingerprint density at radius 1 is 1.29 bits per heavy atom. The number of benzene rings is 1. The molecule has 1 amide bonds. The van der Waals surface area contributed by atoms with Gasteiger partial charge in [-0.2, -0.15) is 0 Å². The van der Waals surface area contributed by atoms with Gasteiger partial charge in [0.25, 0.3) is 5.69 Å². The molecule has 0 aliphatic carbocycles. The Balaban J connectivity index is 1.79. The molecule has 0 aliphatic rings. The van der Waals surface area contributed by atoms with Crippen LogP contribution < -0.4 is 5.32 Å². The Hall–Kier alpha value is -3.19. The van der Waals surface area contributed by atoms with Crippen LogP contribution in [0.5, 0.6) is 0 Å². The Labute approximate surface area is 141 Å². The molecule has 0 radical (unpaired) electrons. The molecule has 0 unspecified atom stereocenters. The van der Waals surface area contributed by atoms with Crippen LogP contribution in [-0.4, -0.2) is 20.2 Å². The van der Waals surface area contributed by atoms with Crippen molar-refractivity contribution in [2.45, 2.75) is 0 Å². The first kappa shape index (κ1) is 15.7. The minimum absolute atomic E-state index is 0.0957. The van der Waals surface area contributed by atoms with E-state index in [0.717, 1.165) is 0 Å². The van der Waals surface area contributed by atoms with Crippen LogP contribution in [0.3, 0.4) is 0 Å². The molecule has 7 nitrogen and oxygen atoms in total. The van der Waals surface area contributed by atoms with Crippen molar-refractivity contribution < 1.29 is 9.72 Å². The van der Waals surface area contributed by atoms with Crippen LogP contribution in [-0.2, 0) is 4.79 Å². The van der Waals surface area contributed by atoms with Crippen molar-refractivity contribution in [3.8, 4) is 0 Å². The van der Waals surface area contributed by atoms with E-state index in [-0.39, 0.29) is 10.8 Å². The summed E-state index contributed by atoms with van der Waals surface area (Å²) in [6.07, 6.45) is 4.61. The van der Waals surface area contributed by atoms with Gasteiger partial charge in [0.2, 0.25) is 5.91 Å². The van der Waals surface area contributed by atoms with Crippen molar-refractivity contribution in [3.05, 3.63) is 75.7 Å². The predicted molar refractivity (Wildman–Crippen MR) is 91.0 cm³/mol. The topological polar surface area (TPSA) is 89.5 Å². The number of aromatic nitrogens is 2.